The predicted octanol–water partition coefficient (Wildman–Crippen LogP) is 2.30. The van der Waals surface area contributed by atoms with Crippen LogP contribution in [0.15, 0.2) is 27.6 Å². The molecule has 0 bridgehead atoms. The molecule has 0 aromatic heterocycles. The molecule has 20 heavy (non-hydrogen) atoms. The summed E-state index contributed by atoms with van der Waals surface area (Å²) in [4.78, 5) is 0.120. The van der Waals surface area contributed by atoms with Crippen LogP contribution < -0.4 is 9.46 Å². The highest BCUT2D eigenvalue weighted by Crippen LogP contribution is 2.31. The van der Waals surface area contributed by atoms with E-state index in [1.54, 1.807) is 12.1 Å². The van der Waals surface area contributed by atoms with Crippen LogP contribution in [-0.2, 0) is 14.8 Å². The number of methoxy groups -OCH3 is 1. The van der Waals surface area contributed by atoms with Crippen molar-refractivity contribution in [3.8, 4) is 5.75 Å². The average Bonchev–Trinajstić information content (AvgIpc) is 2.68. The molecule has 1 aliphatic heterocycles. The summed E-state index contributed by atoms with van der Waals surface area (Å²) in [6.45, 7) is 4.27. The molecule has 0 spiro atoms. The number of benzene rings is 1. The van der Waals surface area contributed by atoms with Gasteiger partial charge < -0.3 is 9.47 Å². The molecule has 2 unspecified atom stereocenters. The van der Waals surface area contributed by atoms with Crippen LogP contribution in [-0.4, -0.2) is 33.8 Å². The Kier molecular flexibility index (Phi) is 4.44. The quantitative estimate of drug-likeness (QED) is 0.891. The molecule has 1 fully saturated rings. The van der Waals surface area contributed by atoms with Crippen molar-refractivity contribution in [2.24, 2.45) is 0 Å². The number of sulfonamides is 1. The standard InChI is InChI=1S/C13H18BrNO4S/c1-9-13(2,6-7-19-9)15-20(16,17)12-8-10(14)4-5-11(12)18-3/h4-5,8-9,15H,6-7H2,1-3H3. The third kappa shape index (κ3) is 3.00. The van der Waals surface area contributed by atoms with E-state index in [1.807, 2.05) is 13.8 Å². The molecule has 0 saturated carbocycles. The van der Waals surface area contributed by atoms with Crippen LogP contribution in [0.1, 0.15) is 20.3 Å². The van der Waals surface area contributed by atoms with Gasteiger partial charge in [-0.15, -0.1) is 0 Å². The Morgan fingerprint density at radius 1 is 1.50 bits per heavy atom. The van der Waals surface area contributed by atoms with Gasteiger partial charge in [0.2, 0.25) is 10.0 Å². The lowest BCUT2D eigenvalue weighted by Gasteiger charge is -2.28. The fraction of sp³-hybridized carbons (Fsp3) is 0.538. The van der Waals surface area contributed by atoms with E-state index in [-0.39, 0.29) is 11.0 Å². The summed E-state index contributed by atoms with van der Waals surface area (Å²) in [6.07, 6.45) is 0.472. The SMILES string of the molecule is COc1ccc(Br)cc1S(=O)(=O)NC1(C)CCOC1C. The lowest BCUT2D eigenvalue weighted by molar-refractivity contribution is 0.0957. The van der Waals surface area contributed by atoms with Crippen LogP contribution in [0.3, 0.4) is 0 Å². The Morgan fingerprint density at radius 2 is 2.20 bits per heavy atom. The van der Waals surface area contributed by atoms with Crippen molar-refractivity contribution < 1.29 is 17.9 Å². The van der Waals surface area contributed by atoms with Crippen molar-refractivity contribution >= 4 is 26.0 Å². The molecule has 1 aliphatic rings. The number of ether oxygens (including phenoxy) is 2. The second-order valence-corrected chi connectivity index (χ2v) is 7.65. The fourth-order valence-electron chi connectivity index (χ4n) is 2.19. The number of rotatable bonds is 4. The van der Waals surface area contributed by atoms with Crippen LogP contribution in [0.2, 0.25) is 0 Å². The van der Waals surface area contributed by atoms with Crippen LogP contribution in [0.25, 0.3) is 0 Å². The third-order valence-corrected chi connectivity index (χ3v) is 5.80. The van der Waals surface area contributed by atoms with Gasteiger partial charge in [0.25, 0.3) is 0 Å². The first-order chi connectivity index (χ1) is 9.28. The van der Waals surface area contributed by atoms with Gasteiger partial charge in [0.15, 0.2) is 0 Å². The van der Waals surface area contributed by atoms with E-state index < -0.39 is 15.6 Å². The Hall–Kier alpha value is -0.630. The van der Waals surface area contributed by atoms with Gasteiger partial charge in [-0.2, -0.15) is 0 Å². The number of hydrogen-bond acceptors (Lipinski definition) is 4. The van der Waals surface area contributed by atoms with Crippen LogP contribution >= 0.6 is 15.9 Å². The van der Waals surface area contributed by atoms with Crippen molar-refractivity contribution in [2.45, 2.75) is 36.8 Å². The molecule has 2 rings (SSSR count). The molecule has 1 N–H and O–H groups in total. The summed E-state index contributed by atoms with van der Waals surface area (Å²) in [5.74, 6) is 0.316. The van der Waals surface area contributed by atoms with Gasteiger partial charge in [-0.1, -0.05) is 15.9 Å². The lowest BCUT2D eigenvalue weighted by atomic mass is 9.97. The molecule has 7 heteroatoms. The molecule has 1 heterocycles. The molecule has 1 saturated heterocycles. The fourth-order valence-corrected chi connectivity index (χ4v) is 4.39. The number of hydrogen-bond donors (Lipinski definition) is 1. The van der Waals surface area contributed by atoms with Gasteiger partial charge in [-0.3, -0.25) is 0 Å². The van der Waals surface area contributed by atoms with Crippen molar-refractivity contribution in [1.29, 1.82) is 0 Å². The minimum absolute atomic E-state index is 0.120. The van der Waals surface area contributed by atoms with E-state index in [1.165, 1.54) is 13.2 Å². The Morgan fingerprint density at radius 3 is 2.75 bits per heavy atom. The van der Waals surface area contributed by atoms with E-state index in [2.05, 4.69) is 20.7 Å². The first-order valence-electron chi connectivity index (χ1n) is 6.27. The molecule has 2 atom stereocenters. The molecule has 112 valence electrons. The van der Waals surface area contributed by atoms with Crippen LogP contribution in [0, 0.1) is 0 Å². The number of nitrogens with one attached hydrogen (secondary N) is 1. The zero-order valence-corrected chi connectivity index (χ0v) is 14.0. The summed E-state index contributed by atoms with van der Waals surface area (Å²) >= 11 is 3.28. The van der Waals surface area contributed by atoms with Crippen LogP contribution in [0.5, 0.6) is 5.75 Å². The summed E-state index contributed by atoms with van der Waals surface area (Å²) in [6, 6.07) is 4.89. The summed E-state index contributed by atoms with van der Waals surface area (Å²) in [5.41, 5.74) is -0.605. The van der Waals surface area contributed by atoms with Gasteiger partial charge in [-0.05, 0) is 38.5 Å². The summed E-state index contributed by atoms with van der Waals surface area (Å²) < 4.78 is 39.2. The highest BCUT2D eigenvalue weighted by atomic mass is 79.9. The van der Waals surface area contributed by atoms with Gasteiger partial charge in [0.1, 0.15) is 10.6 Å². The molecule has 5 nitrogen and oxygen atoms in total. The topological polar surface area (TPSA) is 64.6 Å². The van der Waals surface area contributed by atoms with Crippen molar-refractivity contribution in [3.63, 3.8) is 0 Å². The van der Waals surface area contributed by atoms with Gasteiger partial charge >= 0.3 is 0 Å². The van der Waals surface area contributed by atoms with E-state index >= 15 is 0 Å². The minimum atomic E-state index is -3.69. The number of halogens is 1. The van der Waals surface area contributed by atoms with Gasteiger partial charge in [0.05, 0.1) is 18.8 Å². The molecule has 0 aliphatic carbocycles. The monoisotopic (exact) mass is 363 g/mol. The van der Waals surface area contributed by atoms with Gasteiger partial charge in [-0.25, -0.2) is 13.1 Å². The Bertz CT molecular complexity index is 604. The van der Waals surface area contributed by atoms with E-state index in [9.17, 15) is 8.42 Å². The maximum absolute atomic E-state index is 12.6. The predicted molar refractivity (Wildman–Crippen MR) is 79.5 cm³/mol. The molecule has 0 amide bonds. The second-order valence-electron chi connectivity index (χ2n) is 5.08. The smallest absolute Gasteiger partial charge is 0.244 e. The summed E-state index contributed by atoms with van der Waals surface area (Å²) in [5, 5.41) is 0. The lowest BCUT2D eigenvalue weighted by Crippen LogP contribution is -2.50. The van der Waals surface area contributed by atoms with E-state index in [4.69, 9.17) is 9.47 Å². The first kappa shape index (κ1) is 15.8. The minimum Gasteiger partial charge on any atom is -0.495 e. The van der Waals surface area contributed by atoms with Crippen LogP contribution in [0.4, 0.5) is 0 Å². The zero-order chi connectivity index (χ0) is 15.0. The second kappa shape index (κ2) is 5.63. The molecular formula is C13H18BrNO4S. The van der Waals surface area contributed by atoms with E-state index in [0.29, 0.717) is 23.2 Å². The van der Waals surface area contributed by atoms with Gasteiger partial charge in [0, 0.05) is 11.1 Å². The summed E-state index contributed by atoms with van der Waals surface area (Å²) in [7, 11) is -2.24. The maximum atomic E-state index is 12.6. The largest absolute Gasteiger partial charge is 0.495 e. The normalized spacial score (nSPS) is 26.7. The third-order valence-electron chi connectivity index (χ3n) is 3.67. The Balaban J connectivity index is 2.38. The Labute approximate surface area is 127 Å². The molecular weight excluding hydrogens is 346 g/mol. The molecule has 1 aromatic rings. The molecule has 1 aromatic carbocycles. The first-order valence-corrected chi connectivity index (χ1v) is 8.55. The highest BCUT2D eigenvalue weighted by molar-refractivity contribution is 9.10. The van der Waals surface area contributed by atoms with Crippen molar-refractivity contribution in [1.82, 2.24) is 4.72 Å². The average molecular weight is 364 g/mol. The zero-order valence-electron chi connectivity index (χ0n) is 11.6. The molecule has 0 radical (unpaired) electrons. The highest BCUT2D eigenvalue weighted by Gasteiger charge is 2.41. The van der Waals surface area contributed by atoms with Crippen molar-refractivity contribution in [3.05, 3.63) is 22.7 Å². The van der Waals surface area contributed by atoms with Crippen molar-refractivity contribution in [2.75, 3.05) is 13.7 Å². The maximum Gasteiger partial charge on any atom is 0.244 e. The van der Waals surface area contributed by atoms with E-state index in [0.717, 1.165) is 0 Å².